The summed E-state index contributed by atoms with van der Waals surface area (Å²) < 4.78 is 22.1. The number of hydrogen-bond donors (Lipinski definition) is 0. The van der Waals surface area contributed by atoms with Crippen molar-refractivity contribution in [2.45, 2.75) is 17.1 Å². The average Bonchev–Trinajstić information content (AvgIpc) is 1.86. The van der Waals surface area contributed by atoms with E-state index in [0.29, 0.717) is 0 Å². The molecule has 0 aromatic rings. The first-order valence-corrected chi connectivity index (χ1v) is 3.95. The summed E-state index contributed by atoms with van der Waals surface area (Å²) in [6, 6.07) is 0. The van der Waals surface area contributed by atoms with Crippen LogP contribution in [0.5, 0.6) is 0 Å². The van der Waals surface area contributed by atoms with Gasteiger partial charge in [-0.15, -0.1) is 0 Å². The lowest BCUT2D eigenvalue weighted by Gasteiger charge is -2.13. The summed E-state index contributed by atoms with van der Waals surface area (Å²) in [6.45, 7) is 1.17. The van der Waals surface area contributed by atoms with Crippen molar-refractivity contribution in [3.05, 3.63) is 11.1 Å². The highest BCUT2D eigenvalue weighted by atomic mass is 35.6. The van der Waals surface area contributed by atoms with Gasteiger partial charge in [0.25, 0.3) is 6.43 Å². The topological polar surface area (TPSA) is 17.1 Å². The summed E-state index contributed by atoms with van der Waals surface area (Å²) in [4.78, 5) is 10.1. The lowest BCUT2D eigenvalue weighted by molar-refractivity contribution is -0.106. The molecule has 0 unspecified atom stereocenters. The summed E-state index contributed by atoms with van der Waals surface area (Å²) in [5, 5.41) is 0. The lowest BCUT2D eigenvalue weighted by Crippen LogP contribution is -2.12. The molecule has 0 amide bonds. The van der Waals surface area contributed by atoms with Gasteiger partial charge < -0.3 is 0 Å². The van der Waals surface area contributed by atoms with Gasteiger partial charge in [0.1, 0.15) is 0 Å². The predicted molar refractivity (Wildman–Crippen MR) is 45.1 cm³/mol. The van der Waals surface area contributed by atoms with Gasteiger partial charge in [-0.25, -0.2) is 8.78 Å². The summed E-state index contributed by atoms with van der Waals surface area (Å²) in [5.74, 6) is 0. The Hall–Kier alpha value is 0.140. The predicted octanol–water partition coefficient (Wildman–Crippen LogP) is 3.14. The maximum Gasteiger partial charge on any atom is 0.267 e. The molecule has 0 saturated carbocycles. The molecule has 0 radical (unpaired) electrons. The van der Waals surface area contributed by atoms with Crippen LogP contribution >= 0.6 is 34.8 Å². The van der Waals surface area contributed by atoms with Gasteiger partial charge in [0.05, 0.1) is 5.57 Å². The second-order valence-corrected chi connectivity index (χ2v) is 4.28. The van der Waals surface area contributed by atoms with Crippen LogP contribution < -0.4 is 0 Å². The molecule has 0 rings (SSSR count). The van der Waals surface area contributed by atoms with E-state index in [2.05, 4.69) is 0 Å². The van der Waals surface area contributed by atoms with Gasteiger partial charge in [0.15, 0.2) is 6.29 Å². The average molecular weight is 237 g/mol. The monoisotopic (exact) mass is 236 g/mol. The van der Waals surface area contributed by atoms with Crippen LogP contribution in [0.25, 0.3) is 0 Å². The van der Waals surface area contributed by atoms with Crippen LogP contribution in [0.2, 0.25) is 0 Å². The van der Waals surface area contributed by atoms with Crippen molar-refractivity contribution in [2.75, 3.05) is 0 Å². The Labute approximate surface area is 83.3 Å². The second kappa shape index (κ2) is 4.40. The molecule has 0 atom stereocenters. The van der Waals surface area contributed by atoms with E-state index < -0.39 is 15.8 Å². The largest absolute Gasteiger partial charge is 0.298 e. The number of aldehydes is 1. The third kappa shape index (κ3) is 3.25. The standard InChI is InChI=1S/C6H5Cl3F2O/c1-3(6(7,8)9)4(2-12)5(10)11/h2,5H,1H3/b4-3+. The van der Waals surface area contributed by atoms with E-state index in [4.69, 9.17) is 34.8 Å². The molecule has 0 aromatic heterocycles. The van der Waals surface area contributed by atoms with Crippen LogP contribution in [0, 0.1) is 0 Å². The Kier molecular flexibility index (Phi) is 4.45. The van der Waals surface area contributed by atoms with Gasteiger partial charge in [-0.2, -0.15) is 0 Å². The highest BCUT2D eigenvalue weighted by molar-refractivity contribution is 6.69. The Bertz CT molecular complexity index is 207. The zero-order valence-electron chi connectivity index (χ0n) is 5.95. The Morgan fingerprint density at radius 3 is 1.92 bits per heavy atom. The van der Waals surface area contributed by atoms with E-state index in [9.17, 15) is 13.6 Å². The molecule has 0 aliphatic carbocycles. The molecule has 0 fully saturated rings. The van der Waals surface area contributed by atoms with E-state index in [0.717, 1.165) is 0 Å². The van der Waals surface area contributed by atoms with Gasteiger partial charge in [-0.1, -0.05) is 34.8 Å². The second-order valence-electron chi connectivity index (χ2n) is 2.00. The molecule has 70 valence electrons. The van der Waals surface area contributed by atoms with Crippen molar-refractivity contribution in [3.63, 3.8) is 0 Å². The van der Waals surface area contributed by atoms with Crippen LogP contribution in [0.3, 0.4) is 0 Å². The number of hydrogen-bond acceptors (Lipinski definition) is 1. The first-order chi connectivity index (χ1) is 5.30. The highest BCUT2D eigenvalue weighted by Gasteiger charge is 2.28. The summed E-state index contributed by atoms with van der Waals surface area (Å²) in [7, 11) is 0. The summed E-state index contributed by atoms with van der Waals surface area (Å²) in [6.07, 6.45) is -2.93. The third-order valence-electron chi connectivity index (χ3n) is 1.22. The van der Waals surface area contributed by atoms with Gasteiger partial charge >= 0.3 is 0 Å². The minimum atomic E-state index is -2.92. The zero-order chi connectivity index (χ0) is 9.94. The number of rotatable bonds is 2. The fourth-order valence-corrected chi connectivity index (χ4v) is 0.794. The van der Waals surface area contributed by atoms with Crippen LogP contribution in [0.4, 0.5) is 8.78 Å². The molecule has 6 heteroatoms. The molecule has 0 heterocycles. The molecule has 0 bridgehead atoms. The summed E-state index contributed by atoms with van der Waals surface area (Å²) in [5.41, 5.74) is -1.03. The third-order valence-corrected chi connectivity index (χ3v) is 2.07. The smallest absolute Gasteiger partial charge is 0.267 e. The molecule has 0 aliphatic rings. The fourth-order valence-electron chi connectivity index (χ4n) is 0.467. The number of halogens is 5. The lowest BCUT2D eigenvalue weighted by atomic mass is 10.2. The first-order valence-electron chi connectivity index (χ1n) is 2.82. The molecule has 0 N–H and O–H groups in total. The number of carbonyl (C=O) groups excluding carboxylic acids is 1. The van der Waals surface area contributed by atoms with Crippen molar-refractivity contribution < 1.29 is 13.6 Å². The molecular formula is C6H5Cl3F2O. The van der Waals surface area contributed by atoms with Crippen molar-refractivity contribution in [3.8, 4) is 0 Å². The molecule has 1 nitrogen and oxygen atoms in total. The maximum atomic E-state index is 12.0. The van der Waals surface area contributed by atoms with E-state index in [1.165, 1.54) is 6.92 Å². The maximum absolute atomic E-state index is 12.0. The number of alkyl halides is 5. The number of allylic oxidation sites excluding steroid dienone is 2. The first kappa shape index (κ1) is 12.1. The number of carbonyl (C=O) groups is 1. The van der Waals surface area contributed by atoms with Crippen LogP contribution in [-0.4, -0.2) is 16.5 Å². The SMILES string of the molecule is C/C(=C(/C=O)C(F)F)C(Cl)(Cl)Cl. The van der Waals surface area contributed by atoms with Crippen molar-refractivity contribution in [1.29, 1.82) is 0 Å². The molecule has 0 spiro atoms. The normalized spacial score (nSPS) is 14.6. The van der Waals surface area contributed by atoms with E-state index in [1.807, 2.05) is 0 Å². The quantitative estimate of drug-likeness (QED) is 0.410. The molecule has 12 heavy (non-hydrogen) atoms. The molecule has 0 aliphatic heterocycles. The molecule has 0 saturated heterocycles. The summed E-state index contributed by atoms with van der Waals surface area (Å²) >= 11 is 15.8. The fraction of sp³-hybridized carbons (Fsp3) is 0.500. The highest BCUT2D eigenvalue weighted by Crippen LogP contribution is 2.36. The van der Waals surface area contributed by atoms with Gasteiger partial charge in [-0.05, 0) is 12.5 Å². The van der Waals surface area contributed by atoms with Crippen molar-refractivity contribution in [2.24, 2.45) is 0 Å². The van der Waals surface area contributed by atoms with E-state index in [1.54, 1.807) is 0 Å². The molecular weight excluding hydrogens is 232 g/mol. The Morgan fingerprint density at radius 2 is 1.83 bits per heavy atom. The van der Waals surface area contributed by atoms with Crippen LogP contribution in [0.1, 0.15) is 6.92 Å². The van der Waals surface area contributed by atoms with Crippen molar-refractivity contribution >= 4 is 41.1 Å². The zero-order valence-corrected chi connectivity index (χ0v) is 8.22. The van der Waals surface area contributed by atoms with E-state index in [-0.39, 0.29) is 11.9 Å². The van der Waals surface area contributed by atoms with Gasteiger partial charge in [-0.3, -0.25) is 4.79 Å². The van der Waals surface area contributed by atoms with Crippen LogP contribution in [0.15, 0.2) is 11.1 Å². The Morgan fingerprint density at radius 1 is 1.42 bits per heavy atom. The molecule has 0 aromatic carbocycles. The minimum absolute atomic E-state index is 0.0120. The van der Waals surface area contributed by atoms with Gasteiger partial charge in [0.2, 0.25) is 3.79 Å². The van der Waals surface area contributed by atoms with Crippen molar-refractivity contribution in [1.82, 2.24) is 0 Å². The van der Waals surface area contributed by atoms with E-state index >= 15 is 0 Å². The Balaban J connectivity index is 4.98. The minimum Gasteiger partial charge on any atom is -0.298 e. The van der Waals surface area contributed by atoms with Gasteiger partial charge in [0, 0.05) is 0 Å². The van der Waals surface area contributed by atoms with Crippen LogP contribution in [-0.2, 0) is 4.79 Å².